The van der Waals surface area contributed by atoms with Crippen molar-refractivity contribution >= 4 is 35.8 Å². The Bertz CT molecular complexity index is 583. The molecule has 0 saturated carbocycles. The molecule has 1 heterocycles. The number of carboxylic acid groups (broad SMARTS) is 6. The van der Waals surface area contributed by atoms with E-state index in [-0.39, 0.29) is 26.2 Å². The predicted octanol–water partition coefficient (Wildman–Crippen LogP) is -2.66. The Hall–Kier alpha value is -3.34. The lowest BCUT2D eigenvalue weighted by molar-refractivity contribution is -0.179. The number of carbonyl (C=O) groups is 6. The van der Waals surface area contributed by atoms with E-state index in [1.807, 2.05) is 0 Å². The highest BCUT2D eigenvalue weighted by atomic mass is 16.4. The van der Waals surface area contributed by atoms with Gasteiger partial charge in [-0.3, -0.25) is 19.3 Å². The van der Waals surface area contributed by atoms with E-state index in [4.69, 9.17) is 29.7 Å². The maximum atomic E-state index is 11.4. The third kappa shape index (κ3) is 18.3. The van der Waals surface area contributed by atoms with Gasteiger partial charge >= 0.3 is 23.4 Å². The zero-order chi connectivity index (χ0) is 27.3. The molecule has 1 saturated heterocycles. The summed E-state index contributed by atoms with van der Waals surface area (Å²) < 4.78 is 0. The minimum Gasteiger partial charge on any atom is -0.481 e. The van der Waals surface area contributed by atoms with Gasteiger partial charge in [-0.15, -0.1) is 0 Å². The summed E-state index contributed by atoms with van der Waals surface area (Å²) in [6.45, 7) is 6.48. The Morgan fingerprint density at radius 1 is 0.529 bits per heavy atom. The van der Waals surface area contributed by atoms with E-state index in [9.17, 15) is 29.7 Å². The van der Waals surface area contributed by atoms with Crippen LogP contribution in [-0.2, 0) is 28.8 Å². The fourth-order valence-electron chi connectivity index (χ4n) is 2.28. The van der Waals surface area contributed by atoms with Crippen LogP contribution in [0.2, 0.25) is 0 Å². The van der Waals surface area contributed by atoms with Gasteiger partial charge in [-0.25, -0.2) is 14.4 Å². The molecule has 0 amide bonds. The Balaban J connectivity index is -0.000000661. The van der Waals surface area contributed by atoms with E-state index in [1.54, 1.807) is 0 Å². The molecule has 0 aliphatic carbocycles. The van der Waals surface area contributed by atoms with Crippen molar-refractivity contribution in [2.24, 2.45) is 0 Å². The van der Waals surface area contributed by atoms with Crippen molar-refractivity contribution < 1.29 is 59.4 Å². The summed E-state index contributed by atoms with van der Waals surface area (Å²) in [6, 6.07) is 0. The van der Waals surface area contributed by atoms with Gasteiger partial charge < -0.3 is 46.6 Å². The zero-order valence-corrected chi connectivity index (χ0v) is 19.2. The maximum Gasteiger partial charge on any atom is 0.347 e. The van der Waals surface area contributed by atoms with E-state index in [1.165, 1.54) is 0 Å². The van der Waals surface area contributed by atoms with Crippen LogP contribution in [0.5, 0.6) is 0 Å². The van der Waals surface area contributed by atoms with Gasteiger partial charge in [-0.1, -0.05) is 0 Å². The van der Waals surface area contributed by atoms with E-state index >= 15 is 0 Å². The number of hydrogen-bond donors (Lipinski definition) is 9. The Morgan fingerprint density at radius 2 is 0.735 bits per heavy atom. The lowest BCUT2D eigenvalue weighted by Crippen LogP contribution is -2.67. The zero-order valence-electron chi connectivity index (χ0n) is 19.2. The molecular formula is C18H34N4O12. The molecule has 1 fully saturated rings. The van der Waals surface area contributed by atoms with Crippen molar-refractivity contribution in [3.8, 4) is 0 Å². The van der Waals surface area contributed by atoms with Crippen LogP contribution in [0.3, 0.4) is 0 Å². The van der Waals surface area contributed by atoms with Gasteiger partial charge in [0.15, 0.2) is 0 Å². The molecule has 9 N–H and O–H groups in total. The molecular weight excluding hydrogens is 464 g/mol. The van der Waals surface area contributed by atoms with Gasteiger partial charge in [0, 0.05) is 73.1 Å². The molecule has 34 heavy (non-hydrogen) atoms. The van der Waals surface area contributed by atoms with Crippen molar-refractivity contribution in [2.75, 3.05) is 52.4 Å². The molecule has 0 aromatic heterocycles. The van der Waals surface area contributed by atoms with Gasteiger partial charge in [-0.05, 0) is 0 Å². The number of carboxylic acids is 6. The minimum absolute atomic E-state index is 0.00736. The summed E-state index contributed by atoms with van der Waals surface area (Å²) in [5.74, 6) is -8.20. The molecule has 0 unspecified atom stereocenters. The summed E-state index contributed by atoms with van der Waals surface area (Å²) >= 11 is 0. The molecule has 16 heteroatoms. The first kappa shape index (κ1) is 35.3. The number of nitrogens with one attached hydrogen (secondary N) is 3. The third-order valence-corrected chi connectivity index (χ3v) is 3.48. The summed E-state index contributed by atoms with van der Waals surface area (Å²) in [5.41, 5.74) is -2.98. The second-order valence-electron chi connectivity index (χ2n) is 6.42. The van der Waals surface area contributed by atoms with Crippen molar-refractivity contribution in [2.45, 2.75) is 26.3 Å². The van der Waals surface area contributed by atoms with Crippen LogP contribution in [0.1, 0.15) is 20.8 Å². The van der Waals surface area contributed by atoms with Gasteiger partial charge in [0.1, 0.15) is 0 Å². The summed E-state index contributed by atoms with van der Waals surface area (Å²) in [7, 11) is 0. The highest BCUT2D eigenvalue weighted by molar-refractivity contribution is 6.21. The van der Waals surface area contributed by atoms with Crippen LogP contribution in [0.25, 0.3) is 0 Å². The first-order chi connectivity index (χ1) is 15.6. The molecule has 0 spiro atoms. The summed E-state index contributed by atoms with van der Waals surface area (Å²) in [5, 5.41) is 59.2. The van der Waals surface area contributed by atoms with Crippen LogP contribution in [-0.4, -0.2) is 129 Å². The predicted molar refractivity (Wildman–Crippen MR) is 116 cm³/mol. The fraction of sp³-hybridized carbons (Fsp3) is 0.667. The molecule has 198 valence electrons. The van der Waals surface area contributed by atoms with E-state index < -0.39 is 41.4 Å². The average molecular weight is 498 g/mol. The Kier molecular flexibility index (Phi) is 21.0. The van der Waals surface area contributed by atoms with Crippen LogP contribution < -0.4 is 16.0 Å². The van der Waals surface area contributed by atoms with Crippen molar-refractivity contribution in [1.29, 1.82) is 0 Å². The van der Waals surface area contributed by atoms with Crippen LogP contribution in [0.4, 0.5) is 0 Å². The maximum absolute atomic E-state index is 11.4. The van der Waals surface area contributed by atoms with Crippen molar-refractivity contribution in [3.63, 3.8) is 0 Å². The average Bonchev–Trinajstić information content (AvgIpc) is 2.61. The van der Waals surface area contributed by atoms with Gasteiger partial charge in [0.2, 0.25) is 0 Å². The quantitative estimate of drug-likeness (QED) is 0.179. The first-order valence-electron chi connectivity index (χ1n) is 9.79. The normalized spacial score (nSPS) is 14.9. The molecule has 0 aromatic rings. The van der Waals surface area contributed by atoms with Gasteiger partial charge in [-0.2, -0.15) is 0 Å². The lowest BCUT2D eigenvalue weighted by Gasteiger charge is -2.34. The Morgan fingerprint density at radius 3 is 0.941 bits per heavy atom. The Labute approximate surface area is 195 Å². The SMILES string of the molecule is CC(=O)O.CC(=O)O.CC(=O)O.O=C(O)C(C(=O)O)(C(=O)O)N1CCNCCNCCNCC1. The molecule has 0 bridgehead atoms. The van der Waals surface area contributed by atoms with E-state index in [0.29, 0.717) is 26.2 Å². The van der Waals surface area contributed by atoms with E-state index in [2.05, 4.69) is 16.0 Å². The van der Waals surface area contributed by atoms with Crippen LogP contribution in [0.15, 0.2) is 0 Å². The smallest absolute Gasteiger partial charge is 0.347 e. The molecule has 1 aliphatic rings. The summed E-state index contributed by atoms with van der Waals surface area (Å²) in [6.07, 6.45) is 0. The van der Waals surface area contributed by atoms with Gasteiger partial charge in [0.25, 0.3) is 17.9 Å². The number of rotatable bonds is 4. The first-order valence-corrected chi connectivity index (χ1v) is 9.79. The molecule has 0 aromatic carbocycles. The largest absolute Gasteiger partial charge is 0.481 e. The molecule has 0 atom stereocenters. The monoisotopic (exact) mass is 498 g/mol. The van der Waals surface area contributed by atoms with E-state index in [0.717, 1.165) is 25.7 Å². The molecule has 16 nitrogen and oxygen atoms in total. The minimum atomic E-state index is -2.98. The number of hydrogen-bond acceptors (Lipinski definition) is 10. The molecule has 1 aliphatic heterocycles. The second kappa shape index (κ2) is 20.3. The number of nitrogens with zero attached hydrogens (tertiary/aromatic N) is 1. The molecule has 1 rings (SSSR count). The lowest BCUT2D eigenvalue weighted by atomic mass is 9.97. The number of aliphatic carboxylic acids is 6. The standard InChI is InChI=1S/C12H22N4O6.3C2H4O2/c17-9(18)12(10(19)20,11(21)22)16-7-5-14-3-1-13-2-4-15-6-8-16;3*1-2(3)4/h13-15H,1-8H2,(H,17,18)(H,19,20)(H,21,22);3*1H3,(H,3,4). The fourth-order valence-corrected chi connectivity index (χ4v) is 2.28. The van der Waals surface area contributed by atoms with Crippen molar-refractivity contribution in [3.05, 3.63) is 0 Å². The van der Waals surface area contributed by atoms with Gasteiger partial charge in [0.05, 0.1) is 0 Å². The topological polar surface area (TPSA) is 263 Å². The van der Waals surface area contributed by atoms with Crippen LogP contribution in [0, 0.1) is 0 Å². The summed E-state index contributed by atoms with van der Waals surface area (Å²) in [4.78, 5) is 62.2. The highest BCUT2D eigenvalue weighted by Gasteiger charge is 2.59. The third-order valence-electron chi connectivity index (χ3n) is 3.48. The van der Waals surface area contributed by atoms with Crippen molar-refractivity contribution in [1.82, 2.24) is 20.9 Å². The van der Waals surface area contributed by atoms with Crippen LogP contribution >= 0.6 is 0 Å². The molecule has 0 radical (unpaired) electrons. The highest BCUT2D eigenvalue weighted by Crippen LogP contribution is 2.17. The second-order valence-corrected chi connectivity index (χ2v) is 6.42.